The molecule has 4 aliphatic carbocycles. The first-order chi connectivity index (χ1) is 14.8. The molecule has 4 aliphatic rings. The van der Waals surface area contributed by atoms with Crippen LogP contribution in [0.3, 0.4) is 0 Å². The Morgan fingerprint density at radius 1 is 0.938 bits per heavy atom. The van der Waals surface area contributed by atoms with Gasteiger partial charge in [0.1, 0.15) is 0 Å². The molecular weight excluding hydrogens is 404 g/mol. The van der Waals surface area contributed by atoms with Gasteiger partial charge in [-0.1, -0.05) is 20.8 Å². The van der Waals surface area contributed by atoms with Crippen LogP contribution in [0.4, 0.5) is 0 Å². The zero-order valence-corrected chi connectivity index (χ0v) is 20.9. The summed E-state index contributed by atoms with van der Waals surface area (Å²) in [6, 6.07) is 0. The molecule has 186 valence electrons. The molecule has 4 saturated carbocycles. The van der Waals surface area contributed by atoms with Crippen molar-refractivity contribution in [1.82, 2.24) is 0 Å². The van der Waals surface area contributed by atoms with Crippen LogP contribution in [0.25, 0.3) is 0 Å². The van der Waals surface area contributed by atoms with Gasteiger partial charge in [-0.3, -0.25) is 0 Å². The smallest absolute Gasteiger partial charge is 0.0849 e. The minimum atomic E-state index is -1.09. The van der Waals surface area contributed by atoms with E-state index in [0.717, 1.165) is 51.4 Å². The lowest BCUT2D eigenvalue weighted by Gasteiger charge is -2.63. The predicted octanol–water partition coefficient (Wildman–Crippen LogP) is 3.50. The zero-order chi connectivity index (χ0) is 23.6. The number of aliphatic hydroxyl groups excluding tert-OH is 4. The molecule has 0 amide bonds. The third kappa shape index (κ3) is 3.88. The number of rotatable bonds is 5. The standard InChI is InChI=1S/C27H48O5/c1-15(6-9-22(30)25(2,3)32)18-7-8-19-24-20(14-23(31)27(18,19)5)26(4)11-10-17(28)12-16(26)13-21(24)29/h15-24,28-32H,6-14H2,1-5H3/t15-,16?,17-,18-,19+,20+,21-,22?,23+,24+,26+,27-/m1/s1. The quantitative estimate of drug-likeness (QED) is 0.440. The van der Waals surface area contributed by atoms with Crippen LogP contribution in [0.1, 0.15) is 92.4 Å². The topological polar surface area (TPSA) is 101 Å². The second-order valence-corrected chi connectivity index (χ2v) is 13.2. The summed E-state index contributed by atoms with van der Waals surface area (Å²) in [5, 5.41) is 53.7. The molecule has 12 atom stereocenters. The lowest BCUT2D eigenvalue weighted by atomic mass is 9.43. The fraction of sp³-hybridized carbons (Fsp3) is 1.00. The maximum Gasteiger partial charge on any atom is 0.0849 e. The summed E-state index contributed by atoms with van der Waals surface area (Å²) in [7, 11) is 0. The molecular formula is C27H48O5. The highest BCUT2D eigenvalue weighted by Gasteiger charge is 2.65. The summed E-state index contributed by atoms with van der Waals surface area (Å²) in [6.45, 7) is 10.2. The Hall–Kier alpha value is -0.200. The van der Waals surface area contributed by atoms with Crippen molar-refractivity contribution in [2.75, 3.05) is 0 Å². The Balaban J connectivity index is 1.54. The molecule has 0 spiro atoms. The largest absolute Gasteiger partial charge is 0.393 e. The third-order valence-electron chi connectivity index (χ3n) is 11.2. The summed E-state index contributed by atoms with van der Waals surface area (Å²) in [6.07, 6.45) is 5.98. The molecule has 0 aromatic carbocycles. The summed E-state index contributed by atoms with van der Waals surface area (Å²) in [4.78, 5) is 0. The van der Waals surface area contributed by atoms with E-state index >= 15 is 0 Å². The van der Waals surface area contributed by atoms with Crippen molar-refractivity contribution >= 4 is 0 Å². The van der Waals surface area contributed by atoms with Gasteiger partial charge in [0.15, 0.2) is 0 Å². The molecule has 5 heteroatoms. The molecule has 0 aromatic rings. The molecule has 5 N–H and O–H groups in total. The fourth-order valence-electron chi connectivity index (χ4n) is 9.11. The Morgan fingerprint density at radius 3 is 2.28 bits per heavy atom. The van der Waals surface area contributed by atoms with Crippen molar-refractivity contribution in [2.24, 2.45) is 46.3 Å². The van der Waals surface area contributed by atoms with E-state index in [1.165, 1.54) is 0 Å². The average Bonchev–Trinajstić information content (AvgIpc) is 3.06. The van der Waals surface area contributed by atoms with E-state index in [-0.39, 0.29) is 35.1 Å². The molecule has 4 fully saturated rings. The lowest BCUT2D eigenvalue weighted by Crippen LogP contribution is -2.62. The van der Waals surface area contributed by atoms with Gasteiger partial charge in [-0.05, 0) is 118 Å². The van der Waals surface area contributed by atoms with Crippen molar-refractivity contribution in [3.63, 3.8) is 0 Å². The first-order valence-corrected chi connectivity index (χ1v) is 13.2. The first kappa shape index (κ1) is 24.9. The maximum atomic E-state index is 11.6. The van der Waals surface area contributed by atoms with Crippen LogP contribution in [-0.4, -0.2) is 55.5 Å². The van der Waals surface area contributed by atoms with Crippen molar-refractivity contribution in [3.05, 3.63) is 0 Å². The number of hydrogen-bond acceptors (Lipinski definition) is 5. The van der Waals surface area contributed by atoms with Crippen molar-refractivity contribution in [3.8, 4) is 0 Å². The number of aliphatic hydroxyl groups is 5. The Labute approximate surface area is 194 Å². The number of hydrogen-bond donors (Lipinski definition) is 5. The van der Waals surface area contributed by atoms with E-state index in [0.29, 0.717) is 36.0 Å². The molecule has 0 saturated heterocycles. The van der Waals surface area contributed by atoms with E-state index in [9.17, 15) is 25.5 Å². The monoisotopic (exact) mass is 452 g/mol. The van der Waals surface area contributed by atoms with Gasteiger partial charge in [0.25, 0.3) is 0 Å². The number of fused-ring (bicyclic) bond motifs is 5. The normalized spacial score (nSPS) is 50.8. The van der Waals surface area contributed by atoms with Gasteiger partial charge in [0, 0.05) is 0 Å². The van der Waals surface area contributed by atoms with E-state index in [2.05, 4.69) is 20.8 Å². The summed E-state index contributed by atoms with van der Waals surface area (Å²) >= 11 is 0. The second-order valence-electron chi connectivity index (χ2n) is 13.2. The van der Waals surface area contributed by atoms with Gasteiger partial charge >= 0.3 is 0 Å². The van der Waals surface area contributed by atoms with E-state index in [1.54, 1.807) is 13.8 Å². The van der Waals surface area contributed by atoms with Gasteiger partial charge < -0.3 is 25.5 Å². The van der Waals surface area contributed by atoms with Gasteiger partial charge in [-0.2, -0.15) is 0 Å². The fourth-order valence-corrected chi connectivity index (χ4v) is 9.11. The zero-order valence-electron chi connectivity index (χ0n) is 20.9. The molecule has 4 rings (SSSR count). The van der Waals surface area contributed by atoms with Crippen LogP contribution in [0, 0.1) is 46.3 Å². The highest BCUT2D eigenvalue weighted by molar-refractivity contribution is 5.14. The van der Waals surface area contributed by atoms with Crippen molar-refractivity contribution < 1.29 is 25.5 Å². The summed E-state index contributed by atoms with van der Waals surface area (Å²) in [5.74, 6) is 1.94. The molecule has 32 heavy (non-hydrogen) atoms. The lowest BCUT2D eigenvalue weighted by molar-refractivity contribution is -0.207. The van der Waals surface area contributed by atoms with Crippen LogP contribution in [0.5, 0.6) is 0 Å². The van der Waals surface area contributed by atoms with E-state index in [1.807, 2.05) is 0 Å². The van der Waals surface area contributed by atoms with Crippen LogP contribution < -0.4 is 0 Å². The highest BCUT2D eigenvalue weighted by atomic mass is 16.3. The predicted molar refractivity (Wildman–Crippen MR) is 125 cm³/mol. The summed E-state index contributed by atoms with van der Waals surface area (Å²) < 4.78 is 0. The van der Waals surface area contributed by atoms with Crippen molar-refractivity contribution in [1.29, 1.82) is 0 Å². The van der Waals surface area contributed by atoms with Crippen LogP contribution in [-0.2, 0) is 0 Å². The molecule has 0 bridgehead atoms. The second kappa shape index (κ2) is 8.48. The van der Waals surface area contributed by atoms with E-state index < -0.39 is 11.7 Å². The van der Waals surface area contributed by atoms with Gasteiger partial charge in [0.05, 0.1) is 30.0 Å². The van der Waals surface area contributed by atoms with Crippen LogP contribution in [0.2, 0.25) is 0 Å². The Morgan fingerprint density at radius 2 is 1.62 bits per heavy atom. The molecule has 0 aromatic heterocycles. The van der Waals surface area contributed by atoms with Gasteiger partial charge in [0.2, 0.25) is 0 Å². The molecule has 0 aliphatic heterocycles. The average molecular weight is 453 g/mol. The first-order valence-electron chi connectivity index (χ1n) is 13.2. The molecule has 2 unspecified atom stereocenters. The van der Waals surface area contributed by atoms with Crippen molar-refractivity contribution in [2.45, 2.75) is 122 Å². The molecule has 0 heterocycles. The van der Waals surface area contributed by atoms with Gasteiger partial charge in [-0.25, -0.2) is 0 Å². The van der Waals surface area contributed by atoms with Crippen LogP contribution in [0.15, 0.2) is 0 Å². The SMILES string of the molecule is C[C@H](CCC(O)C(C)(C)O)[C@H]1CC[C@H]2[C@@H]3[C@H](O)CC4C[C@H](O)CC[C@]4(C)[C@H]3C[C@H](O)[C@]12C. The van der Waals surface area contributed by atoms with E-state index in [4.69, 9.17) is 0 Å². The Bertz CT molecular complexity index is 675. The minimum Gasteiger partial charge on any atom is -0.393 e. The minimum absolute atomic E-state index is 0.103. The molecule has 0 radical (unpaired) electrons. The van der Waals surface area contributed by atoms with Crippen LogP contribution >= 0.6 is 0 Å². The Kier molecular flexibility index (Phi) is 6.60. The van der Waals surface area contributed by atoms with Gasteiger partial charge in [-0.15, -0.1) is 0 Å². The highest BCUT2D eigenvalue weighted by Crippen LogP contribution is 2.68. The summed E-state index contributed by atoms with van der Waals surface area (Å²) in [5.41, 5.74) is -1.20. The third-order valence-corrected chi connectivity index (χ3v) is 11.2. The maximum absolute atomic E-state index is 11.6. The molecule has 5 nitrogen and oxygen atoms in total.